The molecule has 2 aliphatic heterocycles. The lowest BCUT2D eigenvalue weighted by Gasteiger charge is -2.41. The Morgan fingerprint density at radius 2 is 1.77 bits per heavy atom. The van der Waals surface area contributed by atoms with Crippen LogP contribution in [0.25, 0.3) is 0 Å². The van der Waals surface area contributed by atoms with Crippen molar-refractivity contribution in [1.82, 2.24) is 20.4 Å². The summed E-state index contributed by atoms with van der Waals surface area (Å²) in [7, 11) is 1.54. The highest BCUT2D eigenvalue weighted by atomic mass is 16.5. The third kappa shape index (κ3) is 5.71. The van der Waals surface area contributed by atoms with E-state index in [4.69, 9.17) is 4.74 Å². The van der Waals surface area contributed by atoms with Crippen molar-refractivity contribution in [1.29, 1.82) is 0 Å². The Bertz CT molecular complexity index is 1080. The molecule has 2 unspecified atom stereocenters. The molecule has 2 atom stereocenters. The van der Waals surface area contributed by atoms with Crippen LogP contribution in [0, 0.1) is 0 Å². The summed E-state index contributed by atoms with van der Waals surface area (Å²) >= 11 is 0. The van der Waals surface area contributed by atoms with Gasteiger partial charge in [-0.15, -0.1) is 0 Å². The predicted octanol–water partition coefficient (Wildman–Crippen LogP) is 1.45. The Kier molecular flexibility index (Phi) is 7.49. The fourth-order valence-corrected chi connectivity index (χ4v) is 4.24. The number of carbonyl (C=O) groups is 4. The molecular weight excluding hydrogens is 450 g/mol. The standard InChI is InChI=1S/C25H29N5O5/c1-35-19-11-9-17(10-12-19)24(33)30-15-14-29(25(34)27-18-6-3-2-4-7-18)16-21(30)23(32)28-20-8-5-13-26-22(20)31/h2-4,6-7,9-12,20-21H,5,8,13-16H2,1H3,(H,26,31)(H,27,34)(H,28,32). The number of rotatable bonds is 5. The monoisotopic (exact) mass is 479 g/mol. The molecular formula is C25H29N5O5. The highest BCUT2D eigenvalue weighted by Gasteiger charge is 2.39. The van der Waals surface area contributed by atoms with Crippen molar-refractivity contribution in [3.8, 4) is 5.75 Å². The number of nitrogens with zero attached hydrogens (tertiary/aromatic N) is 2. The average Bonchev–Trinajstić information content (AvgIpc) is 2.90. The van der Waals surface area contributed by atoms with Crippen LogP contribution < -0.4 is 20.7 Å². The molecule has 0 aliphatic carbocycles. The molecule has 0 saturated carbocycles. The van der Waals surface area contributed by atoms with E-state index in [0.717, 1.165) is 6.42 Å². The minimum Gasteiger partial charge on any atom is -0.497 e. The lowest BCUT2D eigenvalue weighted by Crippen LogP contribution is -2.64. The van der Waals surface area contributed by atoms with Crippen molar-refractivity contribution in [2.75, 3.05) is 38.6 Å². The van der Waals surface area contributed by atoms with Gasteiger partial charge in [0.15, 0.2) is 0 Å². The zero-order chi connectivity index (χ0) is 24.8. The summed E-state index contributed by atoms with van der Waals surface area (Å²) in [6.07, 6.45) is 1.27. The first kappa shape index (κ1) is 24.1. The summed E-state index contributed by atoms with van der Waals surface area (Å²) < 4.78 is 5.16. The fourth-order valence-electron chi connectivity index (χ4n) is 4.24. The molecule has 0 bridgehead atoms. The van der Waals surface area contributed by atoms with Gasteiger partial charge in [0.25, 0.3) is 5.91 Å². The number of piperazine rings is 1. The van der Waals surface area contributed by atoms with Crippen molar-refractivity contribution in [3.05, 3.63) is 60.2 Å². The molecule has 0 aromatic heterocycles. The van der Waals surface area contributed by atoms with Gasteiger partial charge in [-0.1, -0.05) is 18.2 Å². The Hall–Kier alpha value is -4.08. The Balaban J connectivity index is 1.52. The lowest BCUT2D eigenvalue weighted by molar-refractivity contribution is -0.133. The van der Waals surface area contributed by atoms with Gasteiger partial charge in [0, 0.05) is 30.9 Å². The van der Waals surface area contributed by atoms with Crippen LogP contribution in [0.5, 0.6) is 5.75 Å². The number of methoxy groups -OCH3 is 1. The topological polar surface area (TPSA) is 120 Å². The lowest BCUT2D eigenvalue weighted by atomic mass is 10.0. The normalized spacial score (nSPS) is 20.0. The predicted molar refractivity (Wildman–Crippen MR) is 129 cm³/mol. The molecule has 184 valence electrons. The zero-order valence-corrected chi connectivity index (χ0v) is 19.5. The van der Waals surface area contributed by atoms with Crippen LogP contribution in [0.4, 0.5) is 10.5 Å². The number of hydrogen-bond donors (Lipinski definition) is 3. The van der Waals surface area contributed by atoms with E-state index in [1.807, 2.05) is 18.2 Å². The van der Waals surface area contributed by atoms with E-state index in [1.165, 1.54) is 16.9 Å². The van der Waals surface area contributed by atoms with E-state index in [-0.39, 0.29) is 37.5 Å². The summed E-state index contributed by atoms with van der Waals surface area (Å²) in [6, 6.07) is 13.7. The molecule has 2 heterocycles. The van der Waals surface area contributed by atoms with Crippen LogP contribution in [0.1, 0.15) is 23.2 Å². The number of urea groups is 1. The van der Waals surface area contributed by atoms with Crippen LogP contribution in [0.3, 0.4) is 0 Å². The van der Waals surface area contributed by atoms with E-state index < -0.39 is 18.0 Å². The summed E-state index contributed by atoms with van der Waals surface area (Å²) in [6.45, 7) is 1.00. The average molecular weight is 480 g/mol. The summed E-state index contributed by atoms with van der Waals surface area (Å²) in [5, 5.41) is 8.35. The van der Waals surface area contributed by atoms with Crippen molar-refractivity contribution in [2.24, 2.45) is 0 Å². The molecule has 5 amide bonds. The highest BCUT2D eigenvalue weighted by Crippen LogP contribution is 2.19. The van der Waals surface area contributed by atoms with Gasteiger partial charge in [0.2, 0.25) is 11.8 Å². The van der Waals surface area contributed by atoms with Gasteiger partial charge in [-0.3, -0.25) is 14.4 Å². The number of nitrogens with one attached hydrogen (secondary N) is 3. The van der Waals surface area contributed by atoms with Gasteiger partial charge in [-0.2, -0.15) is 0 Å². The molecule has 10 nitrogen and oxygen atoms in total. The van der Waals surface area contributed by atoms with Crippen LogP contribution in [-0.2, 0) is 9.59 Å². The van der Waals surface area contributed by atoms with Crippen LogP contribution >= 0.6 is 0 Å². The van der Waals surface area contributed by atoms with E-state index in [2.05, 4.69) is 16.0 Å². The summed E-state index contributed by atoms with van der Waals surface area (Å²) in [5.41, 5.74) is 1.04. The minimum atomic E-state index is -0.949. The first-order valence-corrected chi connectivity index (χ1v) is 11.6. The number of piperidine rings is 1. The van der Waals surface area contributed by atoms with E-state index in [0.29, 0.717) is 30.0 Å². The first-order chi connectivity index (χ1) is 17.0. The number of ether oxygens (including phenoxy) is 1. The molecule has 0 spiro atoms. The second kappa shape index (κ2) is 10.9. The van der Waals surface area contributed by atoms with Gasteiger partial charge in [-0.05, 0) is 49.2 Å². The van der Waals surface area contributed by atoms with Crippen LogP contribution in [0.2, 0.25) is 0 Å². The minimum absolute atomic E-state index is 0.000728. The van der Waals surface area contributed by atoms with Crippen molar-refractivity contribution >= 4 is 29.4 Å². The second-order valence-electron chi connectivity index (χ2n) is 8.48. The Morgan fingerprint density at radius 3 is 2.46 bits per heavy atom. The van der Waals surface area contributed by atoms with E-state index in [1.54, 1.807) is 36.4 Å². The first-order valence-electron chi connectivity index (χ1n) is 11.6. The molecule has 35 heavy (non-hydrogen) atoms. The number of hydrogen-bond acceptors (Lipinski definition) is 5. The van der Waals surface area contributed by atoms with Gasteiger partial charge < -0.3 is 30.5 Å². The molecule has 2 fully saturated rings. The maximum atomic E-state index is 13.3. The molecule has 2 aromatic rings. The van der Waals surface area contributed by atoms with Crippen molar-refractivity contribution < 1.29 is 23.9 Å². The van der Waals surface area contributed by atoms with Gasteiger partial charge in [-0.25, -0.2) is 4.79 Å². The number of carbonyl (C=O) groups excluding carboxylic acids is 4. The zero-order valence-electron chi connectivity index (χ0n) is 19.5. The number of para-hydroxylation sites is 1. The molecule has 2 saturated heterocycles. The molecule has 10 heteroatoms. The second-order valence-corrected chi connectivity index (χ2v) is 8.48. The maximum absolute atomic E-state index is 13.3. The third-order valence-corrected chi connectivity index (χ3v) is 6.19. The maximum Gasteiger partial charge on any atom is 0.321 e. The number of amides is 5. The fraction of sp³-hybridized carbons (Fsp3) is 0.360. The quantitative estimate of drug-likeness (QED) is 0.600. The van der Waals surface area contributed by atoms with E-state index in [9.17, 15) is 19.2 Å². The van der Waals surface area contributed by atoms with Crippen LogP contribution in [0.15, 0.2) is 54.6 Å². The van der Waals surface area contributed by atoms with Gasteiger partial charge in [0.1, 0.15) is 17.8 Å². The van der Waals surface area contributed by atoms with Gasteiger partial charge >= 0.3 is 6.03 Å². The SMILES string of the molecule is COc1ccc(C(=O)N2CCN(C(=O)Nc3ccccc3)CC2C(=O)NC2CCCNC2=O)cc1. The number of anilines is 1. The molecule has 2 aliphatic rings. The molecule has 0 radical (unpaired) electrons. The van der Waals surface area contributed by atoms with Gasteiger partial charge in [0.05, 0.1) is 13.7 Å². The van der Waals surface area contributed by atoms with Crippen LogP contribution in [-0.4, -0.2) is 78.9 Å². The smallest absolute Gasteiger partial charge is 0.321 e. The highest BCUT2D eigenvalue weighted by molar-refractivity contribution is 5.99. The number of benzene rings is 2. The van der Waals surface area contributed by atoms with Crippen molar-refractivity contribution in [3.63, 3.8) is 0 Å². The third-order valence-electron chi connectivity index (χ3n) is 6.19. The largest absolute Gasteiger partial charge is 0.497 e. The van der Waals surface area contributed by atoms with Crippen molar-refractivity contribution in [2.45, 2.75) is 24.9 Å². The summed E-state index contributed by atoms with van der Waals surface area (Å²) in [4.78, 5) is 54.7. The molecule has 2 aromatic carbocycles. The molecule has 3 N–H and O–H groups in total. The Morgan fingerprint density at radius 1 is 1.03 bits per heavy atom. The summed E-state index contributed by atoms with van der Waals surface area (Å²) in [5.74, 6) is -0.427. The molecule has 4 rings (SSSR count). The van der Waals surface area contributed by atoms with E-state index >= 15 is 0 Å². The Labute approximate surface area is 203 Å².